The first-order valence-electron chi connectivity index (χ1n) is 23.6. The van der Waals surface area contributed by atoms with Crippen molar-refractivity contribution >= 4 is 107 Å². The van der Waals surface area contributed by atoms with Crippen molar-refractivity contribution in [3.8, 4) is 50.7 Å². The molecule has 0 aliphatic carbocycles. The summed E-state index contributed by atoms with van der Waals surface area (Å²) in [7, 11) is 0. The van der Waals surface area contributed by atoms with Crippen LogP contribution in [0.4, 0.5) is 0 Å². The molecular weight excluding hydrogens is 871 g/mol. The number of benzene rings is 10. The molecule has 0 saturated heterocycles. The first kappa shape index (κ1) is 38.9. The molecule has 0 aliphatic heterocycles. The average Bonchev–Trinajstić information content (AvgIpc) is 3.97. The summed E-state index contributed by atoms with van der Waals surface area (Å²) in [5.74, 6) is 1.36. The summed E-state index contributed by atoms with van der Waals surface area (Å²) in [6.45, 7) is 0. The van der Waals surface area contributed by atoms with Crippen LogP contribution in [0.5, 0.6) is 0 Å². The number of hydrogen-bond donors (Lipinski definition) is 0. The zero-order valence-electron chi connectivity index (χ0n) is 37.5. The minimum absolute atomic E-state index is 0.596. The molecule has 5 heterocycles. The van der Waals surface area contributed by atoms with E-state index in [2.05, 4.69) is 205 Å². The summed E-state index contributed by atoms with van der Waals surface area (Å²) >= 11 is 1.86. The zero-order chi connectivity index (χ0) is 45.9. The number of para-hydroxylation sites is 2. The Kier molecular flexibility index (Phi) is 8.46. The van der Waals surface area contributed by atoms with Gasteiger partial charge in [0, 0.05) is 71.3 Å². The van der Waals surface area contributed by atoms with Gasteiger partial charge in [0.2, 0.25) is 0 Å². The molecule has 0 radical (unpaired) electrons. The molecule has 0 saturated carbocycles. The molecule has 0 unspecified atom stereocenters. The maximum absolute atomic E-state index is 5.55. The SMILES string of the molecule is c1ccc(-c2ccc3c(c2)c2cc4c5cc(-c6ccc7sc8ccccc8c7c6)ccc5c5ccccc5c4cc2n3-c2cc(-c3cccc4cccnc34)nc(-c3cccc4cccnc34)n2)cc1. The molecule has 0 spiro atoms. The quantitative estimate of drug-likeness (QED) is 0.161. The lowest BCUT2D eigenvalue weighted by molar-refractivity contribution is 1.05. The topological polar surface area (TPSA) is 56.5 Å². The lowest BCUT2D eigenvalue weighted by Crippen LogP contribution is -2.03. The van der Waals surface area contributed by atoms with Gasteiger partial charge in [0.15, 0.2) is 5.82 Å². The van der Waals surface area contributed by atoms with Crippen molar-refractivity contribution in [2.45, 2.75) is 0 Å². The van der Waals surface area contributed by atoms with Crippen LogP contribution in [0.25, 0.3) is 147 Å². The van der Waals surface area contributed by atoms with Gasteiger partial charge in [-0.05, 0) is 121 Å². The van der Waals surface area contributed by atoms with E-state index >= 15 is 0 Å². The largest absolute Gasteiger partial charge is 0.294 e. The summed E-state index contributed by atoms with van der Waals surface area (Å²) in [6, 6.07) is 76.8. The van der Waals surface area contributed by atoms with E-state index < -0.39 is 0 Å². The second kappa shape index (κ2) is 15.2. The highest BCUT2D eigenvalue weighted by Gasteiger charge is 2.22. The molecule has 15 rings (SSSR count). The van der Waals surface area contributed by atoms with Crippen molar-refractivity contribution in [1.29, 1.82) is 0 Å². The van der Waals surface area contributed by atoms with Crippen molar-refractivity contribution < 1.29 is 0 Å². The van der Waals surface area contributed by atoms with Gasteiger partial charge in [0.05, 0.1) is 27.8 Å². The van der Waals surface area contributed by atoms with Crippen LogP contribution in [0.15, 0.2) is 225 Å². The molecule has 0 bridgehead atoms. The first-order valence-corrected chi connectivity index (χ1v) is 24.4. The van der Waals surface area contributed by atoms with E-state index in [1.807, 2.05) is 35.9 Å². The van der Waals surface area contributed by atoms with Crippen LogP contribution < -0.4 is 0 Å². The molecule has 0 atom stereocenters. The lowest BCUT2D eigenvalue weighted by atomic mass is 9.91. The van der Waals surface area contributed by atoms with E-state index in [1.165, 1.54) is 69.2 Å². The lowest BCUT2D eigenvalue weighted by Gasteiger charge is -2.15. The minimum atomic E-state index is 0.596. The molecular formula is C64H37N5S. The maximum Gasteiger partial charge on any atom is 0.164 e. The zero-order valence-corrected chi connectivity index (χ0v) is 38.3. The third kappa shape index (κ3) is 5.97. The maximum atomic E-state index is 5.55. The fourth-order valence-electron chi connectivity index (χ4n) is 11.0. The molecule has 70 heavy (non-hydrogen) atoms. The number of fused-ring (bicyclic) bond motifs is 14. The molecule has 0 fully saturated rings. The van der Waals surface area contributed by atoms with Crippen LogP contribution in [0, 0.1) is 0 Å². The average molecular weight is 908 g/mol. The Morgan fingerprint density at radius 2 is 0.900 bits per heavy atom. The van der Waals surface area contributed by atoms with Gasteiger partial charge in [-0.15, -0.1) is 11.3 Å². The van der Waals surface area contributed by atoms with E-state index in [1.54, 1.807) is 0 Å². The Labute approximate surface area is 405 Å². The molecule has 10 aromatic carbocycles. The number of aromatic nitrogens is 5. The molecule has 5 nitrogen and oxygen atoms in total. The van der Waals surface area contributed by atoms with Crippen LogP contribution in [0.2, 0.25) is 0 Å². The van der Waals surface area contributed by atoms with Crippen LogP contribution in [0.3, 0.4) is 0 Å². The molecule has 15 aromatic rings. The number of hydrogen-bond acceptors (Lipinski definition) is 5. The molecule has 0 N–H and O–H groups in total. The van der Waals surface area contributed by atoms with E-state index in [-0.39, 0.29) is 0 Å². The van der Waals surface area contributed by atoms with Crippen LogP contribution in [-0.2, 0) is 0 Å². The molecule has 6 heteroatoms. The van der Waals surface area contributed by atoms with Crippen molar-refractivity contribution in [2.75, 3.05) is 0 Å². The molecule has 0 amide bonds. The summed E-state index contributed by atoms with van der Waals surface area (Å²) < 4.78 is 4.97. The standard InChI is InChI=1S/C64H37N5S/c1-2-12-38(13-3-1)41-25-28-57-53(33-41)54-35-51-50-32-42(43-26-29-60-55(34-43)47-20-6-7-23-59(47)70-60)24-27-46(50)44-18-4-5-19-45(44)52(51)36-58(54)69(57)61-37-56(48-21-8-14-39-16-10-30-65-62(39)48)67-64(68-61)49-22-9-15-40-17-11-31-66-63(40)49/h1-37H. The highest BCUT2D eigenvalue weighted by atomic mass is 32.1. The summed E-state index contributed by atoms with van der Waals surface area (Å²) in [5.41, 5.74) is 11.2. The van der Waals surface area contributed by atoms with Gasteiger partial charge in [0.25, 0.3) is 0 Å². The third-order valence-electron chi connectivity index (χ3n) is 14.3. The third-order valence-corrected chi connectivity index (χ3v) is 15.4. The van der Waals surface area contributed by atoms with Gasteiger partial charge >= 0.3 is 0 Å². The Morgan fingerprint density at radius 3 is 1.71 bits per heavy atom. The summed E-state index contributed by atoms with van der Waals surface area (Å²) in [4.78, 5) is 20.7. The van der Waals surface area contributed by atoms with Gasteiger partial charge in [-0.1, -0.05) is 140 Å². The predicted octanol–water partition coefficient (Wildman–Crippen LogP) is 17.2. The number of rotatable bonds is 5. The van der Waals surface area contributed by atoms with Crippen LogP contribution in [-0.4, -0.2) is 24.5 Å². The van der Waals surface area contributed by atoms with Gasteiger partial charge in [-0.2, -0.15) is 0 Å². The number of pyridine rings is 2. The Balaban J connectivity index is 1.05. The fourth-order valence-corrected chi connectivity index (χ4v) is 12.1. The second-order valence-corrected chi connectivity index (χ2v) is 19.2. The Hall–Kier alpha value is -9.10. The first-order chi connectivity index (χ1) is 34.7. The summed E-state index contributed by atoms with van der Waals surface area (Å²) in [6.07, 6.45) is 3.70. The number of nitrogens with zero attached hydrogens (tertiary/aromatic N) is 5. The van der Waals surface area contributed by atoms with Crippen molar-refractivity contribution in [1.82, 2.24) is 24.5 Å². The van der Waals surface area contributed by atoms with E-state index in [0.29, 0.717) is 5.82 Å². The predicted molar refractivity (Wildman–Crippen MR) is 294 cm³/mol. The second-order valence-electron chi connectivity index (χ2n) is 18.2. The molecule has 0 aliphatic rings. The highest BCUT2D eigenvalue weighted by molar-refractivity contribution is 7.25. The molecule has 324 valence electrons. The minimum Gasteiger partial charge on any atom is -0.294 e. The monoisotopic (exact) mass is 907 g/mol. The molecule has 5 aromatic heterocycles. The van der Waals surface area contributed by atoms with Gasteiger partial charge in [-0.25, -0.2) is 9.97 Å². The Morgan fingerprint density at radius 1 is 0.329 bits per heavy atom. The smallest absolute Gasteiger partial charge is 0.164 e. The van der Waals surface area contributed by atoms with Crippen LogP contribution >= 0.6 is 11.3 Å². The fraction of sp³-hybridized carbons (Fsp3) is 0. The van der Waals surface area contributed by atoms with E-state index in [9.17, 15) is 0 Å². The van der Waals surface area contributed by atoms with Gasteiger partial charge in [0.1, 0.15) is 5.82 Å². The van der Waals surface area contributed by atoms with Crippen LogP contribution in [0.1, 0.15) is 0 Å². The normalized spacial score (nSPS) is 12.0. The summed E-state index contributed by atoms with van der Waals surface area (Å²) in [5, 5.41) is 14.3. The number of thiophene rings is 1. The van der Waals surface area contributed by atoms with Crippen molar-refractivity contribution in [2.24, 2.45) is 0 Å². The van der Waals surface area contributed by atoms with Crippen molar-refractivity contribution in [3.63, 3.8) is 0 Å². The Bertz CT molecular complexity index is 4560. The van der Waals surface area contributed by atoms with E-state index in [0.717, 1.165) is 71.8 Å². The van der Waals surface area contributed by atoms with E-state index in [4.69, 9.17) is 19.9 Å². The van der Waals surface area contributed by atoms with Crippen molar-refractivity contribution in [3.05, 3.63) is 225 Å². The van der Waals surface area contributed by atoms with Gasteiger partial charge in [-0.3, -0.25) is 14.5 Å². The van der Waals surface area contributed by atoms with Gasteiger partial charge < -0.3 is 0 Å². The highest BCUT2D eigenvalue weighted by Crippen LogP contribution is 2.44.